The highest BCUT2D eigenvalue weighted by molar-refractivity contribution is 7.96. The summed E-state index contributed by atoms with van der Waals surface area (Å²) in [7, 11) is -3.52. The molecule has 0 radical (unpaired) electrons. The van der Waals surface area contributed by atoms with E-state index in [1.54, 1.807) is 0 Å². The minimum atomic E-state index is -3.52. The van der Waals surface area contributed by atoms with Gasteiger partial charge in [-0.3, -0.25) is 0 Å². The van der Waals surface area contributed by atoms with Crippen molar-refractivity contribution in [3.63, 3.8) is 0 Å². The first-order chi connectivity index (χ1) is 11.9. The van der Waals surface area contributed by atoms with E-state index in [-0.39, 0.29) is 15.9 Å². The minimum absolute atomic E-state index is 0.238. The zero-order valence-electron chi connectivity index (χ0n) is 12.8. The first-order valence-corrected chi connectivity index (χ1v) is 9.25. The summed E-state index contributed by atoms with van der Waals surface area (Å²) in [6, 6.07) is 14.5. The Bertz CT molecular complexity index is 732. The fourth-order valence-electron chi connectivity index (χ4n) is 2.81. The van der Waals surface area contributed by atoms with Crippen LogP contribution in [0.1, 0.15) is 0 Å². The third-order valence-electron chi connectivity index (χ3n) is 3.99. The first kappa shape index (κ1) is 17.6. The van der Waals surface area contributed by atoms with Crippen LogP contribution in [0.3, 0.4) is 0 Å². The van der Waals surface area contributed by atoms with Gasteiger partial charge in [0, 0.05) is 0 Å². The van der Waals surface area contributed by atoms with E-state index in [4.69, 9.17) is 0 Å². The Balaban J connectivity index is 2.33. The predicted octanol–water partition coefficient (Wildman–Crippen LogP) is 4.62. The van der Waals surface area contributed by atoms with Crippen LogP contribution in [-0.4, -0.2) is 6.17 Å². The van der Waals surface area contributed by atoms with E-state index in [0.29, 0.717) is 0 Å². The molecule has 3 aromatic carbocycles. The molecule has 3 rings (SSSR count). The Morgan fingerprint density at radius 2 is 0.720 bits per heavy atom. The number of hydrogen-bond donors (Lipinski definition) is 0. The lowest BCUT2D eigenvalue weighted by Gasteiger charge is -2.26. The minimum Gasteiger partial charge on any atom is -0.207 e. The van der Waals surface area contributed by atoms with E-state index in [9.17, 15) is 22.0 Å². The average molecular weight is 367 g/mol. The van der Waals surface area contributed by atoms with Gasteiger partial charge in [-0.1, -0.05) is 0 Å². The molecule has 0 nitrogen and oxygen atoms in total. The summed E-state index contributed by atoms with van der Waals surface area (Å²) in [4.78, 5) is 0. The summed E-state index contributed by atoms with van der Waals surface area (Å²) >= 11 is 0. The zero-order valence-corrected chi connectivity index (χ0v) is 13.7. The Kier molecular flexibility index (Phi) is 4.87. The summed E-state index contributed by atoms with van der Waals surface area (Å²) in [6.07, 6.45) is -2.83. The van der Waals surface area contributed by atoms with Crippen LogP contribution in [0, 0.1) is 17.5 Å². The van der Waals surface area contributed by atoms with Crippen molar-refractivity contribution in [3.8, 4) is 0 Å². The first-order valence-electron chi connectivity index (χ1n) is 7.40. The molecule has 0 spiro atoms. The standard InChI is InChI=1S/C19H13F5P/c20-13-1-7-16(8-2-13)25(19(23)24,17-9-3-14(21)4-10-17)18-11-5-15(22)6-12-18/h1-12,19H/q+1. The van der Waals surface area contributed by atoms with E-state index < -0.39 is 30.9 Å². The molecule has 128 valence electrons. The third-order valence-corrected chi connectivity index (χ3v) is 7.92. The lowest BCUT2D eigenvalue weighted by atomic mass is 10.3. The highest BCUT2D eigenvalue weighted by Crippen LogP contribution is 2.60. The lowest BCUT2D eigenvalue weighted by molar-refractivity contribution is 0.245. The van der Waals surface area contributed by atoms with E-state index in [1.807, 2.05) is 0 Å². The smallest absolute Gasteiger partial charge is 0.207 e. The van der Waals surface area contributed by atoms with E-state index in [2.05, 4.69) is 0 Å². The Labute approximate surface area is 142 Å². The molecule has 0 atom stereocenters. The van der Waals surface area contributed by atoms with Crippen LogP contribution in [0.15, 0.2) is 72.8 Å². The quantitative estimate of drug-likeness (QED) is 0.466. The van der Waals surface area contributed by atoms with Crippen molar-refractivity contribution < 1.29 is 22.0 Å². The zero-order chi connectivity index (χ0) is 18.0. The van der Waals surface area contributed by atoms with Crippen molar-refractivity contribution in [1.29, 1.82) is 0 Å². The molecule has 3 aromatic rings. The van der Waals surface area contributed by atoms with Crippen LogP contribution in [0.2, 0.25) is 0 Å². The SMILES string of the molecule is Fc1ccc([P+](c2ccc(F)cc2)(c2ccc(F)cc2)C(F)F)cc1. The van der Waals surface area contributed by atoms with Crippen LogP contribution in [0.4, 0.5) is 22.0 Å². The van der Waals surface area contributed by atoms with Crippen LogP contribution < -0.4 is 15.9 Å². The molecule has 0 aliphatic heterocycles. The van der Waals surface area contributed by atoms with Gasteiger partial charge in [-0.15, -0.1) is 0 Å². The maximum atomic E-state index is 14.5. The second kappa shape index (κ2) is 6.93. The highest BCUT2D eigenvalue weighted by atomic mass is 31.2. The Hall–Kier alpha value is -2.26. The molecule has 0 aliphatic carbocycles. The van der Waals surface area contributed by atoms with Gasteiger partial charge in [0.25, 0.3) is 0 Å². The number of rotatable bonds is 4. The topological polar surface area (TPSA) is 0 Å². The van der Waals surface area contributed by atoms with Crippen molar-refractivity contribution in [2.45, 2.75) is 6.17 Å². The molecular weight excluding hydrogens is 354 g/mol. The largest absolute Gasteiger partial charge is 0.358 e. The monoisotopic (exact) mass is 367 g/mol. The van der Waals surface area contributed by atoms with Crippen molar-refractivity contribution in [2.75, 3.05) is 0 Å². The van der Waals surface area contributed by atoms with Gasteiger partial charge in [0.15, 0.2) is 7.26 Å². The van der Waals surface area contributed by atoms with E-state index in [1.165, 1.54) is 36.4 Å². The second-order valence-corrected chi connectivity index (χ2v) is 8.81. The third kappa shape index (κ3) is 3.16. The molecule has 0 fully saturated rings. The van der Waals surface area contributed by atoms with E-state index in [0.717, 1.165) is 36.4 Å². The average Bonchev–Trinajstić information content (AvgIpc) is 2.60. The van der Waals surface area contributed by atoms with Crippen molar-refractivity contribution >= 4 is 23.2 Å². The van der Waals surface area contributed by atoms with Crippen LogP contribution >= 0.6 is 7.26 Å². The van der Waals surface area contributed by atoms with Gasteiger partial charge in [-0.2, -0.15) is 8.78 Å². The molecule has 0 saturated carbocycles. The van der Waals surface area contributed by atoms with Gasteiger partial charge in [-0.05, 0) is 72.8 Å². The molecule has 0 aromatic heterocycles. The van der Waals surface area contributed by atoms with Gasteiger partial charge < -0.3 is 0 Å². The Morgan fingerprint density at radius 1 is 0.480 bits per heavy atom. The number of hydrogen-bond acceptors (Lipinski definition) is 0. The van der Waals surface area contributed by atoms with Crippen molar-refractivity contribution in [2.24, 2.45) is 0 Å². The number of benzene rings is 3. The molecule has 0 bridgehead atoms. The molecule has 0 heterocycles. The van der Waals surface area contributed by atoms with Gasteiger partial charge in [-0.25, -0.2) is 13.2 Å². The van der Waals surface area contributed by atoms with Crippen molar-refractivity contribution in [3.05, 3.63) is 90.2 Å². The fourth-order valence-corrected chi connectivity index (χ4v) is 6.24. The maximum Gasteiger partial charge on any atom is 0.358 e. The molecule has 25 heavy (non-hydrogen) atoms. The molecular formula is C19H13F5P+. The highest BCUT2D eigenvalue weighted by Gasteiger charge is 2.54. The second-order valence-electron chi connectivity index (χ2n) is 5.43. The number of halogens is 5. The normalized spacial score (nSPS) is 11.8. The van der Waals surface area contributed by atoms with Gasteiger partial charge in [0.05, 0.1) is 0 Å². The summed E-state index contributed by atoms with van der Waals surface area (Å²) in [5, 5.41) is 0.714. The molecule has 0 N–H and O–H groups in total. The van der Waals surface area contributed by atoms with Crippen molar-refractivity contribution in [1.82, 2.24) is 0 Å². The van der Waals surface area contributed by atoms with Gasteiger partial charge in [0.1, 0.15) is 33.4 Å². The predicted molar refractivity (Wildman–Crippen MR) is 91.0 cm³/mol. The molecule has 0 aliphatic rings. The summed E-state index contributed by atoms with van der Waals surface area (Å²) < 4.78 is 68.9. The molecule has 0 unspecified atom stereocenters. The summed E-state index contributed by atoms with van der Waals surface area (Å²) in [5.41, 5.74) is 0. The lowest BCUT2D eigenvalue weighted by Crippen LogP contribution is -2.35. The van der Waals surface area contributed by atoms with E-state index >= 15 is 0 Å². The summed E-state index contributed by atoms with van der Waals surface area (Å²) in [5.74, 6) is -1.64. The molecule has 0 saturated heterocycles. The summed E-state index contributed by atoms with van der Waals surface area (Å²) in [6.45, 7) is 0. The Morgan fingerprint density at radius 3 is 0.920 bits per heavy atom. The van der Waals surface area contributed by atoms with Gasteiger partial charge >= 0.3 is 6.17 Å². The van der Waals surface area contributed by atoms with Gasteiger partial charge in [0.2, 0.25) is 0 Å². The van der Waals surface area contributed by atoms with Crippen LogP contribution in [0.25, 0.3) is 0 Å². The molecule has 6 heteroatoms. The molecule has 0 amide bonds. The van der Waals surface area contributed by atoms with Crippen LogP contribution in [0.5, 0.6) is 0 Å². The fraction of sp³-hybridized carbons (Fsp3) is 0.0526. The number of alkyl halides is 2. The van der Waals surface area contributed by atoms with Crippen LogP contribution in [-0.2, 0) is 0 Å². The maximum absolute atomic E-state index is 14.5.